The Kier molecular flexibility index (Phi) is 0.477. The molecule has 2 aliphatic rings. The molecule has 2 rings (SSSR count). The number of fused-ring (bicyclic) bond motifs is 1. The predicted molar refractivity (Wildman–Crippen MR) is 24.7 cm³/mol. The molecule has 1 saturated carbocycles. The first-order valence-corrected chi connectivity index (χ1v) is 2.64. The van der Waals surface area contributed by atoms with Crippen LogP contribution in [0.15, 0.2) is 0 Å². The van der Waals surface area contributed by atoms with Gasteiger partial charge in [-0.2, -0.15) is 0 Å². The summed E-state index contributed by atoms with van der Waals surface area (Å²) in [5.41, 5.74) is 0. The van der Waals surface area contributed by atoms with Crippen LogP contribution in [-0.2, 0) is 9.59 Å². The Morgan fingerprint density at radius 3 is 1.88 bits per heavy atom. The molecule has 8 heavy (non-hydrogen) atoms. The van der Waals surface area contributed by atoms with E-state index in [4.69, 9.17) is 0 Å². The molecule has 0 spiro atoms. The zero-order valence-corrected chi connectivity index (χ0v) is 4.18. The zero-order valence-electron chi connectivity index (χ0n) is 4.18. The fourth-order valence-corrected chi connectivity index (χ4v) is 1.08. The van der Waals surface area contributed by atoms with Crippen LogP contribution >= 0.6 is 0 Å². The number of amides is 2. The summed E-state index contributed by atoms with van der Waals surface area (Å²) in [6, 6.07) is 0. The Morgan fingerprint density at radius 1 is 1.25 bits per heavy atom. The van der Waals surface area contributed by atoms with Crippen LogP contribution in [-0.4, -0.2) is 11.8 Å². The molecule has 0 radical (unpaired) electrons. The second-order valence-electron chi connectivity index (χ2n) is 2.30. The number of rotatable bonds is 0. The molecule has 3 nitrogen and oxygen atoms in total. The molecule has 0 aromatic carbocycles. The van der Waals surface area contributed by atoms with Gasteiger partial charge in [0.25, 0.3) is 0 Å². The number of hydrogen-bond donors (Lipinski definition) is 1. The number of piperidine rings is 1. The second-order valence-corrected chi connectivity index (χ2v) is 2.30. The van der Waals surface area contributed by atoms with E-state index >= 15 is 0 Å². The molecule has 0 aromatic rings. The molecule has 3 heteroatoms. The largest absolute Gasteiger partial charge is 0.296 e. The Balaban J connectivity index is 2.31. The van der Waals surface area contributed by atoms with Crippen molar-refractivity contribution in [3.8, 4) is 0 Å². The average molecular weight is 111 g/mol. The van der Waals surface area contributed by atoms with E-state index < -0.39 is 0 Å². The minimum atomic E-state index is -0.0694. The molecule has 1 aliphatic carbocycles. The molecule has 2 amide bonds. The monoisotopic (exact) mass is 111 g/mol. The zero-order chi connectivity index (χ0) is 5.72. The fourth-order valence-electron chi connectivity index (χ4n) is 1.08. The van der Waals surface area contributed by atoms with E-state index in [2.05, 4.69) is 5.32 Å². The molecule has 0 unspecified atom stereocenters. The van der Waals surface area contributed by atoms with Crippen molar-refractivity contribution in [3.05, 3.63) is 0 Å². The van der Waals surface area contributed by atoms with Crippen molar-refractivity contribution in [1.29, 1.82) is 0 Å². The molecule has 1 aliphatic heterocycles. The molecule has 0 bridgehead atoms. The summed E-state index contributed by atoms with van der Waals surface area (Å²) >= 11 is 0. The van der Waals surface area contributed by atoms with Crippen LogP contribution in [0, 0.1) is 11.8 Å². The lowest BCUT2D eigenvalue weighted by molar-refractivity contribution is -0.127. The van der Waals surface area contributed by atoms with Gasteiger partial charge in [0.1, 0.15) is 0 Å². The lowest BCUT2D eigenvalue weighted by Gasteiger charge is -1.88. The quantitative estimate of drug-likeness (QED) is 0.419. The number of hydrogen-bond acceptors (Lipinski definition) is 2. The van der Waals surface area contributed by atoms with Gasteiger partial charge in [-0.3, -0.25) is 14.9 Å². The van der Waals surface area contributed by atoms with Gasteiger partial charge in [-0.05, 0) is 6.42 Å². The van der Waals surface area contributed by atoms with Crippen molar-refractivity contribution < 1.29 is 9.59 Å². The van der Waals surface area contributed by atoms with Crippen LogP contribution in [0.2, 0.25) is 0 Å². The van der Waals surface area contributed by atoms with Crippen LogP contribution < -0.4 is 5.32 Å². The average Bonchev–Trinajstić information content (AvgIpc) is 2.35. The van der Waals surface area contributed by atoms with Gasteiger partial charge in [0.05, 0.1) is 11.8 Å². The second kappa shape index (κ2) is 0.940. The van der Waals surface area contributed by atoms with Gasteiger partial charge in [-0.25, -0.2) is 0 Å². The van der Waals surface area contributed by atoms with Crippen molar-refractivity contribution in [2.24, 2.45) is 11.8 Å². The molecule has 1 saturated heterocycles. The highest BCUT2D eigenvalue weighted by Gasteiger charge is 2.54. The van der Waals surface area contributed by atoms with Crippen LogP contribution in [0.3, 0.4) is 0 Å². The maximum absolute atomic E-state index is 10.5. The Bertz CT molecular complexity index is 157. The first kappa shape index (κ1) is 4.06. The third-order valence-electron chi connectivity index (χ3n) is 1.71. The highest BCUT2D eigenvalue weighted by Crippen LogP contribution is 2.42. The van der Waals surface area contributed by atoms with E-state index in [1.54, 1.807) is 0 Å². The Morgan fingerprint density at radius 2 is 1.75 bits per heavy atom. The molecule has 2 fully saturated rings. The number of carbonyl (C=O) groups excluding carboxylic acids is 2. The van der Waals surface area contributed by atoms with E-state index in [-0.39, 0.29) is 23.7 Å². The number of nitrogens with one attached hydrogen (secondary N) is 1. The van der Waals surface area contributed by atoms with Gasteiger partial charge < -0.3 is 0 Å². The molecule has 42 valence electrons. The maximum atomic E-state index is 10.5. The lowest BCUT2D eigenvalue weighted by Crippen LogP contribution is -2.24. The van der Waals surface area contributed by atoms with Gasteiger partial charge in [0.2, 0.25) is 11.8 Å². The topological polar surface area (TPSA) is 46.2 Å². The standard InChI is InChI=1S/C5H5NO2/c7-4-2-1-3(2)5(8)6-4/h2-3H,1H2,(H,6,7,8)/t2-,3-/m0/s1. The van der Waals surface area contributed by atoms with Gasteiger partial charge in [0.15, 0.2) is 0 Å². The summed E-state index contributed by atoms with van der Waals surface area (Å²) in [5, 5.41) is 2.24. The van der Waals surface area contributed by atoms with Crippen molar-refractivity contribution in [2.75, 3.05) is 0 Å². The SMILES string of the molecule is O=C1NC(=O)[C@H]2C[C@H]12. The normalized spacial score (nSPS) is 41.5. The van der Waals surface area contributed by atoms with Crippen molar-refractivity contribution in [2.45, 2.75) is 6.42 Å². The molecule has 1 N–H and O–H groups in total. The van der Waals surface area contributed by atoms with Crippen LogP contribution in [0.1, 0.15) is 6.42 Å². The van der Waals surface area contributed by atoms with Crippen LogP contribution in [0.25, 0.3) is 0 Å². The smallest absolute Gasteiger partial charge is 0.230 e. The van der Waals surface area contributed by atoms with Gasteiger partial charge in [-0.15, -0.1) is 0 Å². The lowest BCUT2D eigenvalue weighted by atomic mass is 10.4. The first-order chi connectivity index (χ1) is 3.79. The van der Waals surface area contributed by atoms with E-state index in [1.165, 1.54) is 0 Å². The molecular weight excluding hydrogens is 106 g/mol. The summed E-state index contributed by atoms with van der Waals surface area (Å²) in [7, 11) is 0. The van der Waals surface area contributed by atoms with Crippen LogP contribution in [0.4, 0.5) is 0 Å². The molecule has 2 atom stereocenters. The summed E-state index contributed by atoms with van der Waals surface area (Å²) in [6.07, 6.45) is 0.796. The third-order valence-corrected chi connectivity index (χ3v) is 1.71. The Labute approximate surface area is 46.1 Å². The summed E-state index contributed by atoms with van der Waals surface area (Å²) in [4.78, 5) is 21.0. The molecule has 0 aromatic heterocycles. The Hall–Kier alpha value is -0.860. The van der Waals surface area contributed by atoms with Gasteiger partial charge in [-0.1, -0.05) is 0 Å². The highest BCUT2D eigenvalue weighted by molar-refractivity contribution is 6.08. The van der Waals surface area contributed by atoms with Crippen molar-refractivity contribution in [3.63, 3.8) is 0 Å². The summed E-state index contributed by atoms with van der Waals surface area (Å²) in [5.74, 6) is -0.0231. The number of imide groups is 1. The minimum absolute atomic E-state index is 0.0579. The highest BCUT2D eigenvalue weighted by atomic mass is 16.2. The van der Waals surface area contributed by atoms with Gasteiger partial charge in [0, 0.05) is 0 Å². The fraction of sp³-hybridized carbons (Fsp3) is 0.600. The summed E-state index contributed by atoms with van der Waals surface area (Å²) in [6.45, 7) is 0. The predicted octanol–water partition coefficient (Wildman–Crippen LogP) is -0.721. The van der Waals surface area contributed by atoms with Crippen molar-refractivity contribution in [1.82, 2.24) is 5.32 Å². The molecular formula is C5H5NO2. The third kappa shape index (κ3) is 0.300. The summed E-state index contributed by atoms with van der Waals surface area (Å²) < 4.78 is 0. The van der Waals surface area contributed by atoms with E-state index in [9.17, 15) is 9.59 Å². The van der Waals surface area contributed by atoms with Crippen LogP contribution in [0.5, 0.6) is 0 Å². The van der Waals surface area contributed by atoms with E-state index in [0.29, 0.717) is 0 Å². The van der Waals surface area contributed by atoms with E-state index in [0.717, 1.165) is 6.42 Å². The first-order valence-electron chi connectivity index (χ1n) is 2.64. The number of carbonyl (C=O) groups is 2. The van der Waals surface area contributed by atoms with Gasteiger partial charge >= 0.3 is 0 Å². The maximum Gasteiger partial charge on any atom is 0.230 e. The van der Waals surface area contributed by atoms with Crippen molar-refractivity contribution >= 4 is 11.8 Å². The molecule has 1 heterocycles. The van der Waals surface area contributed by atoms with E-state index in [1.807, 2.05) is 0 Å². The minimum Gasteiger partial charge on any atom is -0.296 e.